The average Bonchev–Trinajstić information content (AvgIpc) is 2.00. The Hall–Kier alpha value is -0.0200. The zero-order chi connectivity index (χ0) is 12.1. The fourth-order valence-electron chi connectivity index (χ4n) is 0.586. The van der Waals surface area contributed by atoms with Crippen LogP contribution in [-0.2, 0) is 4.74 Å². The van der Waals surface area contributed by atoms with Crippen LogP contribution in [0.1, 0.15) is 13.8 Å². The molecule has 0 aliphatic carbocycles. The first-order valence-corrected chi connectivity index (χ1v) is 5.87. The normalized spacial score (nSPS) is 13.1. The molecule has 0 heterocycles. The minimum atomic E-state index is -1.77. The number of rotatable bonds is 3. The lowest BCUT2D eigenvalue weighted by Crippen LogP contribution is -2.42. The summed E-state index contributed by atoms with van der Waals surface area (Å²) in [6, 6.07) is 0. The molecule has 0 aromatic heterocycles. The van der Waals surface area contributed by atoms with E-state index in [0.29, 0.717) is 11.8 Å². The standard InChI is InChI=1S/C7H9Cl3N2O2S/c1-4(2)14-6(13)12-5(15-3-11)7(8,9)10/h4-5H,1-2H3,(H,12,13)/t5-/m0/s1. The summed E-state index contributed by atoms with van der Waals surface area (Å²) in [5, 5.41) is 11.5. The van der Waals surface area contributed by atoms with E-state index in [9.17, 15) is 4.79 Å². The van der Waals surface area contributed by atoms with Gasteiger partial charge in [0.2, 0.25) is 3.79 Å². The van der Waals surface area contributed by atoms with Gasteiger partial charge in [0.25, 0.3) is 0 Å². The fraction of sp³-hybridized carbons (Fsp3) is 0.714. The van der Waals surface area contributed by atoms with E-state index in [2.05, 4.69) is 5.32 Å². The molecule has 86 valence electrons. The van der Waals surface area contributed by atoms with Crippen molar-refractivity contribution in [1.82, 2.24) is 5.32 Å². The van der Waals surface area contributed by atoms with E-state index in [1.165, 1.54) is 0 Å². The number of nitrogens with zero attached hydrogens (tertiary/aromatic N) is 1. The zero-order valence-electron chi connectivity index (χ0n) is 7.96. The number of nitriles is 1. The number of nitrogens with one attached hydrogen (secondary N) is 1. The lowest BCUT2D eigenvalue weighted by molar-refractivity contribution is 0.115. The van der Waals surface area contributed by atoms with Gasteiger partial charge in [-0.15, -0.1) is 0 Å². The molecule has 0 aromatic rings. The predicted molar refractivity (Wildman–Crippen MR) is 62.0 cm³/mol. The van der Waals surface area contributed by atoms with Crippen molar-refractivity contribution in [2.45, 2.75) is 29.1 Å². The van der Waals surface area contributed by atoms with Gasteiger partial charge < -0.3 is 10.1 Å². The summed E-state index contributed by atoms with van der Waals surface area (Å²) < 4.78 is 3.01. The van der Waals surface area contributed by atoms with Crippen molar-refractivity contribution >= 4 is 52.7 Å². The van der Waals surface area contributed by atoms with Gasteiger partial charge in [-0.05, 0) is 25.6 Å². The minimum absolute atomic E-state index is 0.284. The van der Waals surface area contributed by atoms with E-state index in [0.717, 1.165) is 0 Å². The van der Waals surface area contributed by atoms with Crippen LogP contribution in [0.25, 0.3) is 0 Å². The van der Waals surface area contributed by atoms with Gasteiger partial charge in [0.1, 0.15) is 10.8 Å². The van der Waals surface area contributed by atoms with Crippen LogP contribution in [0.5, 0.6) is 0 Å². The number of halogens is 3. The lowest BCUT2D eigenvalue weighted by Gasteiger charge is -2.22. The second-order valence-corrected chi connectivity index (χ2v) is 5.99. The Morgan fingerprint density at radius 1 is 1.53 bits per heavy atom. The predicted octanol–water partition coefficient (Wildman–Crippen LogP) is 3.03. The molecule has 8 heteroatoms. The maximum atomic E-state index is 11.2. The molecule has 0 radical (unpaired) electrons. The molecule has 15 heavy (non-hydrogen) atoms. The van der Waals surface area contributed by atoms with Gasteiger partial charge in [-0.1, -0.05) is 34.8 Å². The minimum Gasteiger partial charge on any atom is -0.447 e. The van der Waals surface area contributed by atoms with Gasteiger partial charge in [0, 0.05) is 0 Å². The number of alkyl halides is 3. The summed E-state index contributed by atoms with van der Waals surface area (Å²) in [5.74, 6) is 0. The Labute approximate surface area is 107 Å². The highest BCUT2D eigenvalue weighted by Crippen LogP contribution is 2.35. The number of amides is 1. The largest absolute Gasteiger partial charge is 0.447 e. The highest BCUT2D eigenvalue weighted by Gasteiger charge is 2.35. The molecule has 0 unspecified atom stereocenters. The quantitative estimate of drug-likeness (QED) is 0.493. The molecule has 0 saturated heterocycles. The Morgan fingerprint density at radius 3 is 2.40 bits per heavy atom. The van der Waals surface area contributed by atoms with E-state index in [-0.39, 0.29) is 6.10 Å². The van der Waals surface area contributed by atoms with E-state index >= 15 is 0 Å². The first kappa shape index (κ1) is 15.0. The Bertz CT molecular complexity index is 262. The van der Waals surface area contributed by atoms with Gasteiger partial charge in [0.15, 0.2) is 0 Å². The van der Waals surface area contributed by atoms with Crippen molar-refractivity contribution in [3.05, 3.63) is 0 Å². The van der Waals surface area contributed by atoms with Crippen LogP contribution in [-0.4, -0.2) is 21.4 Å². The molecule has 1 amide bonds. The number of hydrogen-bond donors (Lipinski definition) is 1. The van der Waals surface area contributed by atoms with Crippen molar-refractivity contribution in [3.8, 4) is 5.40 Å². The number of ether oxygens (including phenoxy) is 1. The van der Waals surface area contributed by atoms with Gasteiger partial charge in [0.05, 0.1) is 6.10 Å². The van der Waals surface area contributed by atoms with Crippen LogP contribution in [0, 0.1) is 10.7 Å². The summed E-state index contributed by atoms with van der Waals surface area (Å²) in [5.41, 5.74) is 0. The molecule has 1 atom stereocenters. The van der Waals surface area contributed by atoms with Crippen molar-refractivity contribution in [2.75, 3.05) is 0 Å². The third-order valence-corrected chi connectivity index (χ3v) is 2.91. The van der Waals surface area contributed by atoms with Crippen molar-refractivity contribution in [3.63, 3.8) is 0 Å². The lowest BCUT2D eigenvalue weighted by atomic mass is 10.5. The van der Waals surface area contributed by atoms with Crippen LogP contribution in [0.2, 0.25) is 0 Å². The second-order valence-electron chi connectivity index (χ2n) is 2.73. The molecule has 0 aliphatic heterocycles. The zero-order valence-corrected chi connectivity index (χ0v) is 11.0. The Balaban J connectivity index is 4.31. The van der Waals surface area contributed by atoms with E-state index < -0.39 is 15.3 Å². The summed E-state index contributed by atoms with van der Waals surface area (Å²) in [6.07, 6.45) is -1.02. The average molecular weight is 292 g/mol. The topological polar surface area (TPSA) is 62.1 Å². The molecule has 4 nitrogen and oxygen atoms in total. The third kappa shape index (κ3) is 6.96. The number of thioether (sulfide) groups is 1. The van der Waals surface area contributed by atoms with E-state index in [4.69, 9.17) is 44.8 Å². The van der Waals surface area contributed by atoms with Crippen molar-refractivity contribution in [1.29, 1.82) is 5.26 Å². The summed E-state index contributed by atoms with van der Waals surface area (Å²) >= 11 is 17.3. The number of hydrogen-bond acceptors (Lipinski definition) is 4. The second kappa shape index (κ2) is 6.54. The van der Waals surface area contributed by atoms with Gasteiger partial charge in [-0.3, -0.25) is 0 Å². The van der Waals surface area contributed by atoms with Crippen LogP contribution in [0.3, 0.4) is 0 Å². The monoisotopic (exact) mass is 290 g/mol. The molecule has 0 fully saturated rings. The maximum absolute atomic E-state index is 11.2. The fourth-order valence-corrected chi connectivity index (χ4v) is 1.54. The van der Waals surface area contributed by atoms with Crippen molar-refractivity contribution in [2.24, 2.45) is 0 Å². The summed E-state index contributed by atoms with van der Waals surface area (Å²) in [6.45, 7) is 3.36. The first-order valence-electron chi connectivity index (χ1n) is 3.86. The van der Waals surface area contributed by atoms with Crippen molar-refractivity contribution < 1.29 is 9.53 Å². The highest BCUT2D eigenvalue weighted by molar-refractivity contribution is 8.04. The van der Waals surface area contributed by atoms with E-state index in [1.807, 2.05) is 0 Å². The molecular formula is C7H9Cl3N2O2S. The van der Waals surface area contributed by atoms with Crippen LogP contribution < -0.4 is 5.32 Å². The van der Waals surface area contributed by atoms with Crippen LogP contribution in [0.4, 0.5) is 4.79 Å². The van der Waals surface area contributed by atoms with Crippen LogP contribution >= 0.6 is 46.6 Å². The highest BCUT2D eigenvalue weighted by atomic mass is 35.6. The van der Waals surface area contributed by atoms with Crippen LogP contribution in [0.15, 0.2) is 0 Å². The SMILES string of the molecule is CC(C)OC(=O)N[C@@H](SC#N)C(Cl)(Cl)Cl. The van der Waals surface area contributed by atoms with Gasteiger partial charge >= 0.3 is 6.09 Å². The Kier molecular flexibility index (Phi) is 6.53. The molecule has 1 N–H and O–H groups in total. The molecule has 0 rings (SSSR count). The maximum Gasteiger partial charge on any atom is 0.408 e. The molecule has 0 aliphatic rings. The van der Waals surface area contributed by atoms with Gasteiger partial charge in [-0.2, -0.15) is 5.26 Å². The van der Waals surface area contributed by atoms with Gasteiger partial charge in [-0.25, -0.2) is 4.79 Å². The smallest absolute Gasteiger partial charge is 0.408 e. The molecule has 0 saturated carbocycles. The third-order valence-electron chi connectivity index (χ3n) is 1.06. The number of alkyl carbamates (subject to hydrolysis) is 1. The number of thiocyanates is 1. The summed E-state index contributed by atoms with van der Waals surface area (Å²) in [4.78, 5) is 11.2. The number of carbonyl (C=O) groups is 1. The Morgan fingerprint density at radius 2 is 2.07 bits per heavy atom. The summed E-state index contributed by atoms with van der Waals surface area (Å²) in [7, 11) is 0. The molecule has 0 spiro atoms. The molecule has 0 aromatic carbocycles. The first-order chi connectivity index (χ1) is 6.77. The molecule has 0 bridgehead atoms. The molecular weight excluding hydrogens is 283 g/mol. The van der Waals surface area contributed by atoms with E-state index in [1.54, 1.807) is 19.2 Å². The number of carbonyl (C=O) groups excluding carboxylic acids is 1.